The maximum absolute atomic E-state index is 12.3. The molecule has 25 heavy (non-hydrogen) atoms. The number of carboxylic acids is 1. The smallest absolute Gasteiger partial charge is 0.328 e. The number of carbonyl (C=O) groups excluding carboxylic acids is 2. The number of anilines is 1. The van der Waals surface area contributed by atoms with Crippen molar-refractivity contribution in [3.63, 3.8) is 0 Å². The third kappa shape index (κ3) is 4.79. The molecule has 2 amide bonds. The molecule has 0 radical (unpaired) electrons. The van der Waals surface area contributed by atoms with Crippen molar-refractivity contribution in [2.24, 2.45) is 5.92 Å². The van der Waals surface area contributed by atoms with E-state index in [-0.39, 0.29) is 25.5 Å². The van der Waals surface area contributed by atoms with Crippen LogP contribution in [0.2, 0.25) is 0 Å². The number of ether oxygens (including phenoxy) is 1. The van der Waals surface area contributed by atoms with E-state index in [0.29, 0.717) is 0 Å². The Morgan fingerprint density at radius 3 is 2.60 bits per heavy atom. The fourth-order valence-corrected chi connectivity index (χ4v) is 2.89. The molecule has 2 rings (SSSR count). The molecule has 1 aliphatic rings. The first-order valence-corrected chi connectivity index (χ1v) is 8.37. The van der Waals surface area contributed by atoms with Gasteiger partial charge in [0, 0.05) is 25.8 Å². The first kappa shape index (κ1) is 18.9. The first-order valence-electron chi connectivity index (χ1n) is 8.37. The number of aliphatic carboxylic acids is 1. The molecule has 1 aromatic rings. The standard InChI is InChI=1S/C18H24N2O5/c1-3-4-12-5-7-14(8-6-12)20-10-13(9-16(20)21)17(22)19-15(11-25-2)18(23)24/h5-8,13,15H,3-4,9-11H2,1-2H3,(H,19,22)(H,23,24). The number of carbonyl (C=O) groups is 3. The van der Waals surface area contributed by atoms with Gasteiger partial charge < -0.3 is 20.1 Å². The van der Waals surface area contributed by atoms with Crippen LogP contribution in [0, 0.1) is 5.92 Å². The molecule has 7 heteroatoms. The van der Waals surface area contributed by atoms with E-state index in [0.717, 1.165) is 18.5 Å². The number of nitrogens with zero attached hydrogens (tertiary/aromatic N) is 1. The van der Waals surface area contributed by atoms with E-state index in [1.807, 2.05) is 24.3 Å². The minimum atomic E-state index is -1.16. The Morgan fingerprint density at radius 2 is 2.04 bits per heavy atom. The Hall–Kier alpha value is -2.41. The maximum atomic E-state index is 12.3. The van der Waals surface area contributed by atoms with Gasteiger partial charge in [-0.15, -0.1) is 0 Å². The van der Waals surface area contributed by atoms with Crippen molar-refractivity contribution in [3.8, 4) is 0 Å². The second-order valence-corrected chi connectivity index (χ2v) is 6.18. The zero-order chi connectivity index (χ0) is 18.4. The molecule has 1 aliphatic heterocycles. The molecule has 136 valence electrons. The molecule has 1 heterocycles. The summed E-state index contributed by atoms with van der Waals surface area (Å²) in [6.07, 6.45) is 2.10. The van der Waals surface area contributed by atoms with Crippen LogP contribution in [0.25, 0.3) is 0 Å². The van der Waals surface area contributed by atoms with Gasteiger partial charge in [0.1, 0.15) is 0 Å². The molecular weight excluding hydrogens is 324 g/mol. The number of carboxylic acid groups (broad SMARTS) is 1. The van der Waals surface area contributed by atoms with Crippen LogP contribution in [-0.4, -0.2) is 49.2 Å². The molecular formula is C18H24N2O5. The summed E-state index contributed by atoms with van der Waals surface area (Å²) in [7, 11) is 1.37. The minimum Gasteiger partial charge on any atom is -0.480 e. The zero-order valence-electron chi connectivity index (χ0n) is 14.5. The topological polar surface area (TPSA) is 95.9 Å². The van der Waals surface area contributed by atoms with Gasteiger partial charge in [-0.2, -0.15) is 0 Å². The Labute approximate surface area is 147 Å². The van der Waals surface area contributed by atoms with E-state index >= 15 is 0 Å². The first-order chi connectivity index (χ1) is 12.0. The van der Waals surface area contributed by atoms with E-state index in [4.69, 9.17) is 9.84 Å². The minimum absolute atomic E-state index is 0.0713. The Balaban J connectivity index is 2.01. The normalized spacial score (nSPS) is 18.2. The van der Waals surface area contributed by atoms with E-state index in [9.17, 15) is 14.4 Å². The Morgan fingerprint density at radius 1 is 1.36 bits per heavy atom. The van der Waals surface area contributed by atoms with Crippen LogP contribution in [0.4, 0.5) is 5.69 Å². The van der Waals surface area contributed by atoms with Gasteiger partial charge in [0.15, 0.2) is 6.04 Å². The van der Waals surface area contributed by atoms with Crippen molar-refractivity contribution in [2.75, 3.05) is 25.2 Å². The van der Waals surface area contributed by atoms with Crippen LogP contribution in [0.1, 0.15) is 25.3 Å². The molecule has 2 N–H and O–H groups in total. The number of hydrogen-bond acceptors (Lipinski definition) is 4. The average molecular weight is 348 g/mol. The molecule has 0 aliphatic carbocycles. The lowest BCUT2D eigenvalue weighted by atomic mass is 10.1. The van der Waals surface area contributed by atoms with Crippen LogP contribution >= 0.6 is 0 Å². The van der Waals surface area contributed by atoms with Crippen LogP contribution in [0.5, 0.6) is 0 Å². The summed E-state index contributed by atoms with van der Waals surface area (Å²) in [4.78, 5) is 37.2. The van der Waals surface area contributed by atoms with E-state index in [1.165, 1.54) is 12.7 Å². The average Bonchev–Trinajstić information content (AvgIpc) is 2.97. The van der Waals surface area contributed by atoms with E-state index in [1.54, 1.807) is 4.90 Å². The summed E-state index contributed by atoms with van der Waals surface area (Å²) in [5.74, 6) is -2.31. The van der Waals surface area contributed by atoms with Gasteiger partial charge in [-0.3, -0.25) is 9.59 Å². The quantitative estimate of drug-likeness (QED) is 0.736. The van der Waals surface area contributed by atoms with E-state index < -0.39 is 23.8 Å². The third-order valence-electron chi connectivity index (χ3n) is 4.23. The van der Waals surface area contributed by atoms with Gasteiger partial charge >= 0.3 is 5.97 Å². The van der Waals surface area contributed by atoms with Gasteiger partial charge in [-0.05, 0) is 24.1 Å². The largest absolute Gasteiger partial charge is 0.480 e. The lowest BCUT2D eigenvalue weighted by molar-refractivity contribution is -0.143. The van der Waals surface area contributed by atoms with Crippen molar-refractivity contribution in [2.45, 2.75) is 32.2 Å². The van der Waals surface area contributed by atoms with Gasteiger partial charge in [0.25, 0.3) is 0 Å². The summed E-state index contributed by atoms with van der Waals surface area (Å²) in [6.45, 7) is 2.23. The lowest BCUT2D eigenvalue weighted by Crippen LogP contribution is -2.46. The summed E-state index contributed by atoms with van der Waals surface area (Å²) >= 11 is 0. The Kier molecular flexibility index (Phi) is 6.52. The highest BCUT2D eigenvalue weighted by atomic mass is 16.5. The summed E-state index contributed by atoms with van der Waals surface area (Å²) in [5.41, 5.74) is 1.96. The molecule has 2 unspecified atom stereocenters. The second-order valence-electron chi connectivity index (χ2n) is 6.18. The number of methoxy groups -OCH3 is 1. The van der Waals surface area contributed by atoms with Gasteiger partial charge in [-0.1, -0.05) is 25.5 Å². The number of hydrogen-bond donors (Lipinski definition) is 2. The number of amides is 2. The molecule has 0 spiro atoms. The van der Waals surface area contributed by atoms with Crippen molar-refractivity contribution in [1.82, 2.24) is 5.32 Å². The van der Waals surface area contributed by atoms with Gasteiger partial charge in [0.2, 0.25) is 11.8 Å². The summed E-state index contributed by atoms with van der Waals surface area (Å²) in [6, 6.07) is 6.62. The second kappa shape index (κ2) is 8.62. The summed E-state index contributed by atoms with van der Waals surface area (Å²) < 4.78 is 4.80. The molecule has 0 aromatic heterocycles. The van der Waals surface area contributed by atoms with Crippen LogP contribution in [0.15, 0.2) is 24.3 Å². The molecule has 1 aromatic carbocycles. The van der Waals surface area contributed by atoms with Gasteiger partial charge in [0.05, 0.1) is 12.5 Å². The highest BCUT2D eigenvalue weighted by Gasteiger charge is 2.36. The molecule has 0 bridgehead atoms. The third-order valence-corrected chi connectivity index (χ3v) is 4.23. The van der Waals surface area contributed by atoms with Crippen molar-refractivity contribution >= 4 is 23.5 Å². The summed E-state index contributed by atoms with van der Waals surface area (Å²) in [5, 5.41) is 11.5. The van der Waals surface area contributed by atoms with Crippen LogP contribution in [0.3, 0.4) is 0 Å². The highest BCUT2D eigenvalue weighted by Crippen LogP contribution is 2.25. The predicted molar refractivity (Wildman–Crippen MR) is 92.3 cm³/mol. The molecule has 1 fully saturated rings. The van der Waals surface area contributed by atoms with E-state index in [2.05, 4.69) is 12.2 Å². The van der Waals surface area contributed by atoms with Crippen molar-refractivity contribution in [3.05, 3.63) is 29.8 Å². The maximum Gasteiger partial charge on any atom is 0.328 e. The van der Waals surface area contributed by atoms with Crippen molar-refractivity contribution < 1.29 is 24.2 Å². The molecule has 7 nitrogen and oxygen atoms in total. The zero-order valence-corrected chi connectivity index (χ0v) is 14.5. The lowest BCUT2D eigenvalue weighted by Gasteiger charge is -2.18. The van der Waals surface area contributed by atoms with Crippen molar-refractivity contribution in [1.29, 1.82) is 0 Å². The number of rotatable bonds is 8. The fraction of sp³-hybridized carbons (Fsp3) is 0.500. The predicted octanol–water partition coefficient (Wildman–Crippen LogP) is 1.21. The number of benzene rings is 1. The number of nitrogens with one attached hydrogen (secondary N) is 1. The van der Waals surface area contributed by atoms with Crippen LogP contribution in [-0.2, 0) is 25.5 Å². The van der Waals surface area contributed by atoms with Gasteiger partial charge in [-0.25, -0.2) is 4.79 Å². The molecule has 2 atom stereocenters. The van der Waals surface area contributed by atoms with Crippen LogP contribution < -0.4 is 10.2 Å². The molecule has 1 saturated heterocycles. The number of aryl methyl sites for hydroxylation is 1. The Bertz CT molecular complexity index is 629. The highest BCUT2D eigenvalue weighted by molar-refractivity contribution is 6.00. The monoisotopic (exact) mass is 348 g/mol. The SMILES string of the molecule is CCCc1ccc(N2CC(C(=O)NC(COC)C(=O)O)CC2=O)cc1. The fourth-order valence-electron chi connectivity index (χ4n) is 2.89. The molecule has 0 saturated carbocycles.